The normalized spacial score (nSPS) is 19.7. The number of ether oxygens (including phenoxy) is 2. The Bertz CT molecular complexity index is 744. The topological polar surface area (TPSA) is 83.3 Å². The van der Waals surface area contributed by atoms with Crippen molar-refractivity contribution in [1.29, 1.82) is 0 Å². The third-order valence-electron chi connectivity index (χ3n) is 4.66. The Morgan fingerprint density at radius 1 is 1.19 bits per heavy atom. The molecule has 1 heterocycles. The van der Waals surface area contributed by atoms with E-state index in [1.807, 2.05) is 30.3 Å². The van der Waals surface area contributed by atoms with Gasteiger partial charge in [0.2, 0.25) is 0 Å². The molecule has 7 nitrogen and oxygen atoms in total. The summed E-state index contributed by atoms with van der Waals surface area (Å²) < 4.78 is 12.0. The van der Waals surface area contributed by atoms with Gasteiger partial charge in [-0.3, -0.25) is 4.79 Å². The van der Waals surface area contributed by atoms with Crippen LogP contribution in [0.4, 0.5) is 0 Å². The number of aromatic nitrogens is 3. The molecular formula is C19H23N3O4. The molecule has 0 saturated heterocycles. The maximum absolute atomic E-state index is 12.3. The molecule has 1 saturated carbocycles. The number of hydrogen-bond donors (Lipinski definition) is 0. The van der Waals surface area contributed by atoms with Crippen LogP contribution in [-0.2, 0) is 20.7 Å². The van der Waals surface area contributed by atoms with Gasteiger partial charge in [-0.25, -0.2) is 9.48 Å². The number of nitrogens with zero attached hydrogens (tertiary/aromatic N) is 3. The summed E-state index contributed by atoms with van der Waals surface area (Å²) in [5.74, 6) is -0.734. The van der Waals surface area contributed by atoms with Crippen LogP contribution in [0.2, 0.25) is 0 Å². The summed E-state index contributed by atoms with van der Waals surface area (Å²) in [4.78, 5) is 23.8. The second-order valence-corrected chi connectivity index (χ2v) is 6.44. The predicted molar refractivity (Wildman–Crippen MR) is 93.5 cm³/mol. The van der Waals surface area contributed by atoms with Crippen molar-refractivity contribution in [2.24, 2.45) is 0 Å². The number of carbonyl (C=O) groups excluding carboxylic acids is 2. The van der Waals surface area contributed by atoms with E-state index in [0.29, 0.717) is 12.8 Å². The van der Waals surface area contributed by atoms with Crippen LogP contribution in [0.5, 0.6) is 0 Å². The fraction of sp³-hybridized carbons (Fsp3) is 0.474. The van der Waals surface area contributed by atoms with E-state index in [2.05, 4.69) is 15.0 Å². The van der Waals surface area contributed by atoms with E-state index in [4.69, 9.17) is 4.74 Å². The lowest BCUT2D eigenvalue weighted by atomic mass is 9.92. The summed E-state index contributed by atoms with van der Waals surface area (Å²) in [6.07, 6.45) is 5.97. The van der Waals surface area contributed by atoms with Gasteiger partial charge in [0.05, 0.1) is 19.3 Å². The second kappa shape index (κ2) is 8.60. The molecule has 7 heteroatoms. The zero-order chi connectivity index (χ0) is 18.4. The molecule has 1 fully saturated rings. The van der Waals surface area contributed by atoms with Crippen LogP contribution in [0.3, 0.4) is 0 Å². The highest BCUT2D eigenvalue weighted by Crippen LogP contribution is 2.31. The van der Waals surface area contributed by atoms with Gasteiger partial charge in [-0.1, -0.05) is 42.0 Å². The van der Waals surface area contributed by atoms with Crippen molar-refractivity contribution < 1.29 is 19.1 Å². The van der Waals surface area contributed by atoms with Crippen molar-refractivity contribution in [2.75, 3.05) is 7.11 Å². The van der Waals surface area contributed by atoms with E-state index in [1.54, 1.807) is 10.9 Å². The average molecular weight is 357 g/mol. The largest absolute Gasteiger partial charge is 0.464 e. The lowest BCUT2D eigenvalue weighted by Crippen LogP contribution is -2.32. The minimum atomic E-state index is -0.525. The van der Waals surface area contributed by atoms with Gasteiger partial charge >= 0.3 is 11.9 Å². The number of carbonyl (C=O) groups is 2. The molecule has 2 aromatic rings. The fourth-order valence-corrected chi connectivity index (χ4v) is 3.27. The first-order valence-electron chi connectivity index (χ1n) is 8.91. The SMILES string of the molecule is COC(=O)c1cn(C2CCCCC2OC(=O)CCc2ccccc2)nn1. The Kier molecular flexibility index (Phi) is 5.99. The molecule has 0 spiro atoms. The molecule has 2 atom stereocenters. The molecule has 0 radical (unpaired) electrons. The number of aryl methyl sites for hydroxylation is 1. The maximum Gasteiger partial charge on any atom is 0.360 e. The molecule has 0 amide bonds. The lowest BCUT2D eigenvalue weighted by molar-refractivity contribution is -0.153. The van der Waals surface area contributed by atoms with Gasteiger partial charge in [0.1, 0.15) is 6.10 Å². The Morgan fingerprint density at radius 3 is 2.73 bits per heavy atom. The number of benzene rings is 1. The van der Waals surface area contributed by atoms with Gasteiger partial charge in [0.25, 0.3) is 0 Å². The van der Waals surface area contributed by atoms with Crippen LogP contribution in [-0.4, -0.2) is 40.1 Å². The zero-order valence-electron chi connectivity index (χ0n) is 14.8. The summed E-state index contributed by atoms with van der Waals surface area (Å²) in [5.41, 5.74) is 1.27. The Balaban J connectivity index is 1.60. The Hall–Kier alpha value is -2.70. The van der Waals surface area contributed by atoms with Gasteiger partial charge in [-0.05, 0) is 31.2 Å². The van der Waals surface area contributed by atoms with Gasteiger partial charge in [-0.15, -0.1) is 5.10 Å². The molecule has 138 valence electrons. The molecule has 1 aliphatic rings. The van der Waals surface area contributed by atoms with Crippen LogP contribution in [0, 0.1) is 0 Å². The summed E-state index contributed by atoms with van der Waals surface area (Å²) in [7, 11) is 1.30. The van der Waals surface area contributed by atoms with E-state index in [-0.39, 0.29) is 23.8 Å². The van der Waals surface area contributed by atoms with Crippen LogP contribution < -0.4 is 0 Å². The van der Waals surface area contributed by atoms with Crippen LogP contribution in [0.1, 0.15) is 54.2 Å². The first kappa shape index (κ1) is 18.1. The molecule has 2 unspecified atom stereocenters. The van der Waals surface area contributed by atoms with E-state index < -0.39 is 5.97 Å². The molecule has 0 N–H and O–H groups in total. The van der Waals surface area contributed by atoms with Gasteiger partial charge in [0, 0.05) is 6.42 Å². The van der Waals surface area contributed by atoms with Gasteiger partial charge in [0.15, 0.2) is 5.69 Å². The van der Waals surface area contributed by atoms with Crippen molar-refractivity contribution in [2.45, 2.75) is 50.7 Å². The van der Waals surface area contributed by atoms with Crippen LogP contribution in [0.15, 0.2) is 36.5 Å². The molecular weight excluding hydrogens is 334 g/mol. The van der Waals surface area contributed by atoms with E-state index in [0.717, 1.165) is 31.2 Å². The molecule has 1 aromatic carbocycles. The summed E-state index contributed by atoms with van der Waals surface area (Å²) in [5, 5.41) is 7.88. The molecule has 3 rings (SSSR count). The van der Waals surface area contributed by atoms with E-state index in [1.165, 1.54) is 7.11 Å². The fourth-order valence-electron chi connectivity index (χ4n) is 3.27. The molecule has 1 aromatic heterocycles. The molecule has 1 aliphatic carbocycles. The van der Waals surface area contributed by atoms with Crippen LogP contribution in [0.25, 0.3) is 0 Å². The van der Waals surface area contributed by atoms with Gasteiger partial charge < -0.3 is 9.47 Å². The molecule has 0 aliphatic heterocycles. The minimum Gasteiger partial charge on any atom is -0.464 e. The number of hydrogen-bond acceptors (Lipinski definition) is 6. The molecule has 26 heavy (non-hydrogen) atoms. The predicted octanol–water partition coefficient (Wildman–Crippen LogP) is 2.72. The second-order valence-electron chi connectivity index (χ2n) is 6.44. The highest BCUT2D eigenvalue weighted by atomic mass is 16.5. The van der Waals surface area contributed by atoms with Crippen molar-refractivity contribution >= 4 is 11.9 Å². The summed E-state index contributed by atoms with van der Waals surface area (Å²) in [6, 6.07) is 9.77. The van der Waals surface area contributed by atoms with Gasteiger partial charge in [-0.2, -0.15) is 0 Å². The monoisotopic (exact) mass is 357 g/mol. The zero-order valence-corrected chi connectivity index (χ0v) is 14.8. The highest BCUT2D eigenvalue weighted by Gasteiger charge is 2.31. The maximum atomic E-state index is 12.3. The Labute approximate surface area is 152 Å². The first-order chi connectivity index (χ1) is 12.7. The summed E-state index contributed by atoms with van der Waals surface area (Å²) in [6.45, 7) is 0. The summed E-state index contributed by atoms with van der Waals surface area (Å²) >= 11 is 0. The first-order valence-corrected chi connectivity index (χ1v) is 8.91. The molecule has 0 bridgehead atoms. The standard InChI is InChI=1S/C19H23N3O4/c1-25-19(24)15-13-22(21-20-15)16-9-5-6-10-17(16)26-18(23)12-11-14-7-3-2-4-8-14/h2-4,7-8,13,16-17H,5-6,9-12H2,1H3. The quantitative estimate of drug-likeness (QED) is 0.739. The van der Waals surface area contributed by atoms with Crippen molar-refractivity contribution in [3.63, 3.8) is 0 Å². The van der Waals surface area contributed by atoms with Crippen molar-refractivity contribution in [3.05, 3.63) is 47.8 Å². The highest BCUT2D eigenvalue weighted by molar-refractivity contribution is 5.86. The number of rotatable bonds is 6. The van der Waals surface area contributed by atoms with Crippen LogP contribution >= 0.6 is 0 Å². The average Bonchev–Trinajstić information content (AvgIpc) is 3.17. The third kappa shape index (κ3) is 4.47. The number of esters is 2. The van der Waals surface area contributed by atoms with Crippen molar-refractivity contribution in [1.82, 2.24) is 15.0 Å². The smallest absolute Gasteiger partial charge is 0.360 e. The van der Waals surface area contributed by atoms with E-state index >= 15 is 0 Å². The van der Waals surface area contributed by atoms with Crippen molar-refractivity contribution in [3.8, 4) is 0 Å². The lowest BCUT2D eigenvalue weighted by Gasteiger charge is -2.30. The minimum absolute atomic E-state index is 0.102. The van der Waals surface area contributed by atoms with E-state index in [9.17, 15) is 9.59 Å². The Morgan fingerprint density at radius 2 is 1.96 bits per heavy atom. The number of methoxy groups -OCH3 is 1. The third-order valence-corrected chi connectivity index (χ3v) is 4.66.